The number of carbonyl (C=O) groups is 3. The number of amides is 2. The fraction of sp³-hybridized carbons (Fsp3) is 0.477. The van der Waals surface area contributed by atoms with E-state index in [-0.39, 0.29) is 34.1 Å². The van der Waals surface area contributed by atoms with Crippen molar-refractivity contribution < 1.29 is 33.7 Å². The molecule has 0 aliphatic rings. The van der Waals surface area contributed by atoms with Gasteiger partial charge in [0.2, 0.25) is 5.91 Å². The SMILES string of the molecule is CC.CC(N)=O.CCCCCCCCCOc1cc(/C=C(\C)N(N=N)c2cc(OC)ccc2OC)cc(C(C)(C)C)c1.CN(C)C(=O)c1c(O)cccc1C=O. The van der Waals surface area contributed by atoms with Crippen molar-refractivity contribution in [3.63, 3.8) is 0 Å². The van der Waals surface area contributed by atoms with E-state index in [9.17, 15) is 19.5 Å². The number of hydrogen-bond donors (Lipinski definition) is 3. The van der Waals surface area contributed by atoms with Crippen molar-refractivity contribution in [3.8, 4) is 23.0 Å². The Balaban J connectivity index is 0.00000124. The quantitative estimate of drug-likeness (QED) is 0.0527. The van der Waals surface area contributed by atoms with Crippen LogP contribution in [0.2, 0.25) is 0 Å². The number of allylic oxidation sites excluding steroid dienone is 1. The number of hydrogen-bond acceptors (Lipinski definition) is 9. The van der Waals surface area contributed by atoms with Crippen LogP contribution in [0.1, 0.15) is 132 Å². The van der Waals surface area contributed by atoms with Crippen LogP contribution in [0.4, 0.5) is 5.69 Å². The van der Waals surface area contributed by atoms with Crippen LogP contribution in [-0.4, -0.2) is 63.0 Å². The number of nitrogens with two attached hydrogens (primary N) is 1. The largest absolute Gasteiger partial charge is 0.507 e. The van der Waals surface area contributed by atoms with Gasteiger partial charge in [-0.3, -0.25) is 14.4 Å². The molecule has 0 saturated heterocycles. The first kappa shape index (κ1) is 50.6. The summed E-state index contributed by atoms with van der Waals surface area (Å²) in [5, 5.41) is 14.8. The predicted molar refractivity (Wildman–Crippen MR) is 227 cm³/mol. The van der Waals surface area contributed by atoms with E-state index < -0.39 is 0 Å². The fourth-order valence-electron chi connectivity index (χ4n) is 5.17. The maximum absolute atomic E-state index is 11.6. The average Bonchev–Trinajstić information content (AvgIpc) is 3.16. The number of phenols is 1. The van der Waals surface area contributed by atoms with Gasteiger partial charge in [-0.05, 0) is 66.3 Å². The van der Waals surface area contributed by atoms with Crippen LogP contribution >= 0.6 is 0 Å². The molecule has 56 heavy (non-hydrogen) atoms. The van der Waals surface area contributed by atoms with Gasteiger partial charge < -0.3 is 30.0 Å². The highest BCUT2D eigenvalue weighted by Gasteiger charge is 2.19. The number of phenolic OH excluding ortho intramolecular Hbond substituents is 1. The van der Waals surface area contributed by atoms with E-state index in [1.165, 1.54) is 74.1 Å². The molecule has 0 bridgehead atoms. The number of aromatic hydroxyl groups is 1. The molecule has 3 aromatic carbocycles. The molecule has 0 heterocycles. The molecule has 0 aliphatic heterocycles. The third-order valence-corrected chi connectivity index (χ3v) is 8.06. The van der Waals surface area contributed by atoms with Gasteiger partial charge in [-0.15, -0.1) is 0 Å². The molecule has 12 heteroatoms. The minimum absolute atomic E-state index is 0.0232. The zero-order valence-electron chi connectivity index (χ0n) is 35.8. The van der Waals surface area contributed by atoms with Crippen LogP contribution in [-0.2, 0) is 10.2 Å². The van der Waals surface area contributed by atoms with Crippen molar-refractivity contribution in [1.29, 1.82) is 5.53 Å². The van der Waals surface area contributed by atoms with Gasteiger partial charge >= 0.3 is 0 Å². The molecule has 0 aromatic heterocycles. The molecule has 0 atom stereocenters. The molecular formula is C44H67N5O7. The number of methoxy groups -OCH3 is 2. The van der Waals surface area contributed by atoms with Gasteiger partial charge in [0.1, 0.15) is 28.7 Å². The van der Waals surface area contributed by atoms with Gasteiger partial charge in [0.15, 0.2) is 6.29 Å². The average molecular weight is 778 g/mol. The highest BCUT2D eigenvalue weighted by atomic mass is 16.5. The summed E-state index contributed by atoms with van der Waals surface area (Å²) in [6, 6.07) is 16.2. The monoisotopic (exact) mass is 778 g/mol. The third-order valence-electron chi connectivity index (χ3n) is 8.06. The van der Waals surface area contributed by atoms with Crippen molar-refractivity contribution in [1.82, 2.24) is 4.90 Å². The Hall–Kier alpha value is -5.39. The molecule has 0 aliphatic carbocycles. The van der Waals surface area contributed by atoms with E-state index in [1.54, 1.807) is 33.3 Å². The second kappa shape index (κ2) is 27.2. The van der Waals surface area contributed by atoms with Gasteiger partial charge in [-0.25, -0.2) is 5.01 Å². The minimum Gasteiger partial charge on any atom is -0.507 e. The first-order chi connectivity index (χ1) is 26.5. The first-order valence-corrected chi connectivity index (χ1v) is 19.1. The van der Waals surface area contributed by atoms with Crippen molar-refractivity contribution >= 4 is 29.9 Å². The smallest absolute Gasteiger partial charge is 0.257 e. The lowest BCUT2D eigenvalue weighted by Gasteiger charge is -2.23. The van der Waals surface area contributed by atoms with Gasteiger partial charge in [0.25, 0.3) is 5.91 Å². The summed E-state index contributed by atoms with van der Waals surface area (Å²) in [6.45, 7) is 16.8. The maximum atomic E-state index is 11.6. The molecule has 0 spiro atoms. The summed E-state index contributed by atoms with van der Waals surface area (Å²) in [6.07, 6.45) is 11.4. The number of carbonyl (C=O) groups excluding carboxylic acids is 3. The van der Waals surface area contributed by atoms with Crippen LogP contribution in [0.15, 0.2) is 65.5 Å². The van der Waals surface area contributed by atoms with Gasteiger partial charge in [-0.2, -0.15) is 5.53 Å². The molecule has 12 nitrogen and oxygen atoms in total. The number of benzene rings is 3. The van der Waals surface area contributed by atoms with Crippen molar-refractivity contribution in [2.75, 3.05) is 39.9 Å². The highest BCUT2D eigenvalue weighted by molar-refractivity contribution is 6.03. The van der Waals surface area contributed by atoms with Crippen molar-refractivity contribution in [3.05, 3.63) is 82.5 Å². The Morgan fingerprint density at radius 1 is 0.893 bits per heavy atom. The standard InChI is InChI=1S/C30H45N3O3.C10H11NO3.C2H5NO.C2H6/c1-8-9-10-11-12-13-14-17-36-27-20-24(19-25(21-27)30(3,4)5)18-23(2)33(32-31)28-22-26(34-6)15-16-29(28)35-7;1-11(2)10(14)9-7(6-12)4-3-5-8(9)13;1-2(3)4;1-2/h15-16,18-22,31H,8-14,17H2,1-7H3;3-6,13H,1-2H3;1H3,(H2,3,4);1-2H3/b23-18+,32-31?;;;. The van der Waals surface area contributed by atoms with Gasteiger partial charge in [-0.1, -0.05) is 103 Å². The van der Waals surface area contributed by atoms with Crippen molar-refractivity contribution in [2.24, 2.45) is 11.0 Å². The number of ether oxygens (including phenoxy) is 3. The number of anilines is 1. The zero-order chi connectivity index (χ0) is 42.8. The summed E-state index contributed by atoms with van der Waals surface area (Å²) in [5.41, 5.74) is 16.2. The van der Waals surface area contributed by atoms with E-state index in [2.05, 4.69) is 56.9 Å². The molecular weight excluding hydrogens is 711 g/mol. The Morgan fingerprint density at radius 3 is 2.02 bits per heavy atom. The van der Waals surface area contributed by atoms with Gasteiger partial charge in [0, 0.05) is 38.3 Å². The van der Waals surface area contributed by atoms with Crippen LogP contribution in [0.5, 0.6) is 23.0 Å². The molecule has 0 unspecified atom stereocenters. The second-order valence-electron chi connectivity index (χ2n) is 13.9. The number of nitrogens with one attached hydrogen (secondary N) is 1. The highest BCUT2D eigenvalue weighted by Crippen LogP contribution is 2.36. The molecule has 3 rings (SSSR count). The molecule has 0 radical (unpaired) electrons. The van der Waals surface area contributed by atoms with E-state index in [1.807, 2.05) is 45.0 Å². The van der Waals surface area contributed by atoms with Crippen LogP contribution in [0.3, 0.4) is 0 Å². The Bertz CT molecular complexity index is 1680. The first-order valence-electron chi connectivity index (χ1n) is 19.1. The van der Waals surface area contributed by atoms with E-state index in [0.717, 1.165) is 30.0 Å². The van der Waals surface area contributed by atoms with Crippen molar-refractivity contribution in [2.45, 2.75) is 106 Å². The number of primary amides is 1. The zero-order valence-corrected chi connectivity index (χ0v) is 35.8. The minimum atomic E-state index is -0.384. The molecule has 0 saturated carbocycles. The van der Waals surface area contributed by atoms with E-state index in [0.29, 0.717) is 23.5 Å². The predicted octanol–water partition coefficient (Wildman–Crippen LogP) is 10.4. The van der Waals surface area contributed by atoms with Crippen LogP contribution in [0, 0.1) is 5.53 Å². The third kappa shape index (κ3) is 18.3. The molecule has 310 valence electrons. The normalized spacial score (nSPS) is 10.5. The number of unbranched alkanes of at least 4 members (excludes halogenated alkanes) is 6. The Labute approximate surface area is 335 Å². The van der Waals surface area contributed by atoms with Gasteiger partial charge in [0.05, 0.1) is 26.4 Å². The maximum Gasteiger partial charge on any atom is 0.257 e. The lowest BCUT2D eigenvalue weighted by atomic mass is 9.86. The summed E-state index contributed by atoms with van der Waals surface area (Å²) < 4.78 is 17.1. The lowest BCUT2D eigenvalue weighted by Crippen LogP contribution is -2.23. The summed E-state index contributed by atoms with van der Waals surface area (Å²) >= 11 is 0. The molecule has 2 amide bonds. The summed E-state index contributed by atoms with van der Waals surface area (Å²) in [4.78, 5) is 32.7. The number of aldehydes is 1. The summed E-state index contributed by atoms with van der Waals surface area (Å²) in [7, 11) is 6.34. The molecule has 0 fully saturated rings. The molecule has 3 aromatic rings. The fourth-order valence-corrected chi connectivity index (χ4v) is 5.17. The molecule has 4 N–H and O–H groups in total. The topological polar surface area (TPSA) is 168 Å². The van der Waals surface area contributed by atoms with E-state index in [4.69, 9.17) is 19.7 Å². The van der Waals surface area contributed by atoms with Crippen LogP contribution < -0.4 is 25.0 Å². The Morgan fingerprint density at radius 2 is 1.50 bits per heavy atom. The Kier molecular flexibility index (Phi) is 24.6. The summed E-state index contributed by atoms with van der Waals surface area (Å²) in [5.74, 6) is 1.27. The second-order valence-corrected chi connectivity index (χ2v) is 13.9. The van der Waals surface area contributed by atoms with Crippen LogP contribution in [0.25, 0.3) is 6.08 Å². The van der Waals surface area contributed by atoms with E-state index >= 15 is 0 Å². The number of nitrogens with zero attached hydrogens (tertiary/aromatic N) is 3. The lowest BCUT2D eigenvalue weighted by molar-refractivity contribution is -0.115. The number of rotatable bonds is 17.